The highest BCUT2D eigenvalue weighted by atomic mass is 16.5. The van der Waals surface area contributed by atoms with Crippen LogP contribution < -0.4 is 10.1 Å². The van der Waals surface area contributed by atoms with Crippen molar-refractivity contribution in [1.29, 1.82) is 0 Å². The first-order chi connectivity index (χ1) is 9.54. The fourth-order valence-corrected chi connectivity index (χ4v) is 1.99. The Labute approximate surface area is 117 Å². The Bertz CT molecular complexity index is 467. The average molecular weight is 281 g/mol. The maximum absolute atomic E-state index is 10.8. The summed E-state index contributed by atoms with van der Waals surface area (Å²) in [7, 11) is 0. The van der Waals surface area contributed by atoms with Gasteiger partial charge in [-0.2, -0.15) is 4.98 Å². The summed E-state index contributed by atoms with van der Waals surface area (Å²) in [6, 6.07) is 0. The number of anilines is 1. The molecule has 20 heavy (non-hydrogen) atoms. The standard InChI is InChI=1S/C13H19N3O4/c1-8(2)19-12-7-14-6-11(16-12)15-5-9-3-4-10(20-9)13(17)18/h6-10H,3-5H2,1-2H3,(H,15,16)(H,17,18). The summed E-state index contributed by atoms with van der Waals surface area (Å²) in [6.07, 6.45) is 3.64. The van der Waals surface area contributed by atoms with Gasteiger partial charge in [0, 0.05) is 6.54 Å². The molecule has 110 valence electrons. The summed E-state index contributed by atoms with van der Waals surface area (Å²) in [5.41, 5.74) is 0. The number of aromatic nitrogens is 2. The van der Waals surface area contributed by atoms with E-state index in [1.807, 2.05) is 13.8 Å². The van der Waals surface area contributed by atoms with Crippen LogP contribution in [0.4, 0.5) is 5.82 Å². The molecule has 1 aromatic rings. The topological polar surface area (TPSA) is 93.6 Å². The second-order valence-corrected chi connectivity index (χ2v) is 4.95. The van der Waals surface area contributed by atoms with Crippen molar-refractivity contribution in [3.8, 4) is 5.88 Å². The summed E-state index contributed by atoms with van der Waals surface area (Å²) < 4.78 is 10.9. The van der Waals surface area contributed by atoms with Crippen molar-refractivity contribution in [3.05, 3.63) is 12.4 Å². The molecule has 1 saturated heterocycles. The van der Waals surface area contributed by atoms with Crippen LogP contribution in [0.2, 0.25) is 0 Å². The van der Waals surface area contributed by atoms with Gasteiger partial charge < -0.3 is 19.9 Å². The normalized spacial score (nSPS) is 21.9. The Balaban J connectivity index is 1.84. The first kappa shape index (κ1) is 14.5. The maximum Gasteiger partial charge on any atom is 0.332 e. The van der Waals surface area contributed by atoms with Gasteiger partial charge in [-0.1, -0.05) is 0 Å². The third-order valence-electron chi connectivity index (χ3n) is 2.86. The van der Waals surface area contributed by atoms with E-state index < -0.39 is 12.1 Å². The van der Waals surface area contributed by atoms with Crippen LogP contribution in [0.25, 0.3) is 0 Å². The van der Waals surface area contributed by atoms with Crippen molar-refractivity contribution in [3.63, 3.8) is 0 Å². The van der Waals surface area contributed by atoms with E-state index >= 15 is 0 Å². The molecule has 0 bridgehead atoms. The maximum atomic E-state index is 10.8. The van der Waals surface area contributed by atoms with E-state index in [0.29, 0.717) is 24.7 Å². The Morgan fingerprint density at radius 2 is 2.35 bits per heavy atom. The molecule has 2 heterocycles. The summed E-state index contributed by atoms with van der Waals surface area (Å²) in [6.45, 7) is 4.34. The van der Waals surface area contributed by atoms with E-state index in [4.69, 9.17) is 14.6 Å². The zero-order valence-electron chi connectivity index (χ0n) is 11.6. The summed E-state index contributed by atoms with van der Waals surface area (Å²) in [5.74, 6) is 0.144. The number of carbonyl (C=O) groups is 1. The third kappa shape index (κ3) is 4.06. The Hall–Kier alpha value is -1.89. The van der Waals surface area contributed by atoms with Gasteiger partial charge in [0.05, 0.1) is 24.6 Å². The molecule has 0 radical (unpaired) electrons. The van der Waals surface area contributed by atoms with E-state index in [1.165, 1.54) is 0 Å². The Morgan fingerprint density at radius 1 is 1.55 bits per heavy atom. The molecule has 7 nitrogen and oxygen atoms in total. The number of ether oxygens (including phenoxy) is 2. The predicted molar refractivity (Wildman–Crippen MR) is 71.8 cm³/mol. The van der Waals surface area contributed by atoms with Gasteiger partial charge in [0.1, 0.15) is 5.82 Å². The molecule has 1 fully saturated rings. The van der Waals surface area contributed by atoms with E-state index in [1.54, 1.807) is 12.4 Å². The van der Waals surface area contributed by atoms with Crippen molar-refractivity contribution in [1.82, 2.24) is 9.97 Å². The highest BCUT2D eigenvalue weighted by Crippen LogP contribution is 2.20. The Kier molecular flexibility index (Phi) is 4.73. The molecule has 2 unspecified atom stereocenters. The molecule has 2 rings (SSSR count). The fourth-order valence-electron chi connectivity index (χ4n) is 1.99. The van der Waals surface area contributed by atoms with Crippen LogP contribution in [0.1, 0.15) is 26.7 Å². The molecular formula is C13H19N3O4. The summed E-state index contributed by atoms with van der Waals surface area (Å²) in [4.78, 5) is 19.1. The fraction of sp³-hybridized carbons (Fsp3) is 0.615. The number of nitrogens with zero attached hydrogens (tertiary/aromatic N) is 2. The lowest BCUT2D eigenvalue weighted by atomic mass is 10.2. The van der Waals surface area contributed by atoms with Gasteiger partial charge in [-0.25, -0.2) is 4.79 Å². The molecule has 0 aliphatic carbocycles. The van der Waals surface area contributed by atoms with E-state index in [-0.39, 0.29) is 12.2 Å². The highest BCUT2D eigenvalue weighted by molar-refractivity contribution is 5.72. The van der Waals surface area contributed by atoms with E-state index in [0.717, 1.165) is 6.42 Å². The predicted octanol–water partition coefficient (Wildman–Crippen LogP) is 1.31. The van der Waals surface area contributed by atoms with Crippen molar-refractivity contribution in [2.75, 3.05) is 11.9 Å². The molecule has 0 saturated carbocycles. The van der Waals surface area contributed by atoms with Gasteiger partial charge in [-0.05, 0) is 26.7 Å². The van der Waals surface area contributed by atoms with Crippen LogP contribution >= 0.6 is 0 Å². The lowest BCUT2D eigenvalue weighted by Crippen LogP contribution is -2.24. The monoisotopic (exact) mass is 281 g/mol. The smallest absolute Gasteiger partial charge is 0.332 e. The van der Waals surface area contributed by atoms with Crippen molar-refractivity contribution in [2.24, 2.45) is 0 Å². The number of hydrogen-bond acceptors (Lipinski definition) is 6. The van der Waals surface area contributed by atoms with Gasteiger partial charge in [-0.15, -0.1) is 0 Å². The van der Waals surface area contributed by atoms with Gasteiger partial charge in [-0.3, -0.25) is 4.98 Å². The number of rotatable bonds is 6. The van der Waals surface area contributed by atoms with Crippen LogP contribution in [0.5, 0.6) is 5.88 Å². The van der Waals surface area contributed by atoms with Gasteiger partial charge in [0.2, 0.25) is 5.88 Å². The molecular weight excluding hydrogens is 262 g/mol. The molecule has 0 spiro atoms. The second-order valence-electron chi connectivity index (χ2n) is 4.95. The second kappa shape index (κ2) is 6.51. The van der Waals surface area contributed by atoms with Gasteiger partial charge >= 0.3 is 5.97 Å². The first-order valence-electron chi connectivity index (χ1n) is 6.65. The minimum absolute atomic E-state index is 0.0361. The zero-order valence-corrected chi connectivity index (χ0v) is 11.6. The number of hydrogen-bond donors (Lipinski definition) is 2. The molecule has 1 aromatic heterocycles. The lowest BCUT2D eigenvalue weighted by molar-refractivity contribution is -0.149. The minimum Gasteiger partial charge on any atom is -0.479 e. The SMILES string of the molecule is CC(C)Oc1cncc(NCC2CCC(C(=O)O)O2)n1. The minimum atomic E-state index is -0.903. The number of nitrogens with one attached hydrogen (secondary N) is 1. The van der Waals surface area contributed by atoms with Crippen LogP contribution in [-0.4, -0.2) is 45.9 Å². The molecule has 2 N–H and O–H groups in total. The van der Waals surface area contributed by atoms with E-state index in [9.17, 15) is 4.79 Å². The summed E-state index contributed by atoms with van der Waals surface area (Å²) in [5, 5.41) is 11.9. The van der Waals surface area contributed by atoms with Crippen molar-refractivity contribution >= 4 is 11.8 Å². The quantitative estimate of drug-likeness (QED) is 0.811. The largest absolute Gasteiger partial charge is 0.479 e. The Morgan fingerprint density at radius 3 is 3.00 bits per heavy atom. The molecule has 0 aromatic carbocycles. The van der Waals surface area contributed by atoms with E-state index in [2.05, 4.69) is 15.3 Å². The van der Waals surface area contributed by atoms with Crippen LogP contribution in [0.3, 0.4) is 0 Å². The summed E-state index contributed by atoms with van der Waals surface area (Å²) >= 11 is 0. The number of carboxylic acid groups (broad SMARTS) is 1. The van der Waals surface area contributed by atoms with Crippen LogP contribution in [-0.2, 0) is 9.53 Å². The van der Waals surface area contributed by atoms with Crippen molar-refractivity contribution < 1.29 is 19.4 Å². The number of aliphatic carboxylic acids is 1. The average Bonchev–Trinajstić information content (AvgIpc) is 2.85. The molecule has 1 aliphatic heterocycles. The van der Waals surface area contributed by atoms with Crippen LogP contribution in [0, 0.1) is 0 Å². The zero-order chi connectivity index (χ0) is 14.5. The van der Waals surface area contributed by atoms with Gasteiger partial charge in [0.15, 0.2) is 6.10 Å². The highest BCUT2D eigenvalue weighted by Gasteiger charge is 2.30. The molecule has 2 atom stereocenters. The number of carboxylic acids is 1. The molecule has 0 amide bonds. The lowest BCUT2D eigenvalue weighted by Gasteiger charge is -2.13. The molecule has 1 aliphatic rings. The third-order valence-corrected chi connectivity index (χ3v) is 2.86. The molecule has 7 heteroatoms. The first-order valence-corrected chi connectivity index (χ1v) is 6.65. The van der Waals surface area contributed by atoms with Crippen LogP contribution in [0.15, 0.2) is 12.4 Å². The van der Waals surface area contributed by atoms with Gasteiger partial charge in [0.25, 0.3) is 0 Å². The van der Waals surface area contributed by atoms with Crippen molar-refractivity contribution in [2.45, 2.75) is 45.0 Å².